The summed E-state index contributed by atoms with van der Waals surface area (Å²) in [5.74, 6) is 0.385. The highest BCUT2D eigenvalue weighted by Crippen LogP contribution is 2.37. The molecule has 0 spiro atoms. The highest BCUT2D eigenvalue weighted by Gasteiger charge is 2.29. The van der Waals surface area contributed by atoms with Gasteiger partial charge in [0.1, 0.15) is 29.0 Å². The summed E-state index contributed by atoms with van der Waals surface area (Å²) < 4.78 is 36.1. The maximum atomic E-state index is 13.7. The van der Waals surface area contributed by atoms with Crippen LogP contribution in [-0.4, -0.2) is 47.0 Å². The van der Waals surface area contributed by atoms with Crippen LogP contribution in [-0.2, 0) is 0 Å². The third kappa shape index (κ3) is 4.15. The Labute approximate surface area is 206 Å². The summed E-state index contributed by atoms with van der Waals surface area (Å²) in [4.78, 5) is 10.2. The predicted octanol–water partition coefficient (Wildman–Crippen LogP) is 4.95. The highest BCUT2D eigenvalue weighted by atomic mass is 19.3. The molecule has 0 radical (unpaired) electrons. The molecule has 0 amide bonds. The number of nitriles is 1. The Balaban J connectivity index is 1.54. The Morgan fingerprint density at radius 1 is 1.28 bits per heavy atom. The number of alkyl halides is 2. The lowest BCUT2D eigenvalue weighted by Gasteiger charge is -2.34. The van der Waals surface area contributed by atoms with E-state index in [0.717, 1.165) is 29.4 Å². The Hall–Kier alpha value is -4.33. The summed E-state index contributed by atoms with van der Waals surface area (Å²) in [7, 11) is 0. The van der Waals surface area contributed by atoms with Crippen molar-refractivity contribution in [3.63, 3.8) is 0 Å². The molecule has 1 fully saturated rings. The molecular formula is C25H24F2N8O. The van der Waals surface area contributed by atoms with Crippen LogP contribution in [0.15, 0.2) is 49.4 Å². The molecule has 9 nitrogen and oxygen atoms in total. The number of ether oxygens (including phenoxy) is 1. The number of imidazole rings is 1. The monoisotopic (exact) mass is 490 g/mol. The molecule has 36 heavy (non-hydrogen) atoms. The van der Waals surface area contributed by atoms with Crippen LogP contribution in [0.5, 0.6) is 5.75 Å². The second-order valence-corrected chi connectivity index (χ2v) is 8.80. The molecule has 4 aromatic rings. The van der Waals surface area contributed by atoms with E-state index in [1.54, 1.807) is 41.4 Å². The molecule has 1 saturated heterocycles. The summed E-state index contributed by atoms with van der Waals surface area (Å²) in [6.07, 6.45) is 6.47. The van der Waals surface area contributed by atoms with Gasteiger partial charge in [-0.2, -0.15) is 14.0 Å². The third-order valence-electron chi connectivity index (χ3n) is 6.55. The van der Waals surface area contributed by atoms with E-state index in [4.69, 9.17) is 4.74 Å². The number of hydrogen-bond acceptors (Lipinski definition) is 7. The van der Waals surface area contributed by atoms with Crippen LogP contribution < -0.4 is 4.74 Å². The summed E-state index contributed by atoms with van der Waals surface area (Å²) in [6.45, 7) is 5.73. The summed E-state index contributed by atoms with van der Waals surface area (Å²) in [5, 5.41) is 18.1. The minimum Gasteiger partial charge on any atom is -0.453 e. The number of fused-ring (bicyclic) bond motifs is 1. The van der Waals surface area contributed by atoms with Crippen LogP contribution >= 0.6 is 0 Å². The SMILES string of the molecule is C=C(Oc1cc(-c2nnn(C3CCN(C#N)[C@@H](C)C3)c2C)cc2ncn(C(F)F)c12)c1ccccn1. The summed E-state index contributed by atoms with van der Waals surface area (Å²) in [5.41, 5.74) is 3.04. The van der Waals surface area contributed by atoms with Gasteiger partial charge >= 0.3 is 6.55 Å². The zero-order chi connectivity index (χ0) is 25.4. The molecule has 0 saturated carbocycles. The van der Waals surface area contributed by atoms with E-state index in [1.165, 1.54) is 0 Å². The largest absolute Gasteiger partial charge is 0.453 e. The van der Waals surface area contributed by atoms with Gasteiger partial charge in [-0.3, -0.25) is 9.55 Å². The molecule has 11 heteroatoms. The lowest BCUT2D eigenvalue weighted by Crippen LogP contribution is -2.38. The van der Waals surface area contributed by atoms with Crippen LogP contribution in [0.25, 0.3) is 28.0 Å². The molecule has 4 heterocycles. The van der Waals surface area contributed by atoms with Crippen molar-refractivity contribution in [1.82, 2.24) is 34.4 Å². The predicted molar refractivity (Wildman–Crippen MR) is 129 cm³/mol. The fourth-order valence-corrected chi connectivity index (χ4v) is 4.68. The Kier molecular flexibility index (Phi) is 6.10. The highest BCUT2D eigenvalue weighted by molar-refractivity contribution is 5.88. The first-order chi connectivity index (χ1) is 17.4. The van der Waals surface area contributed by atoms with Crippen LogP contribution in [0, 0.1) is 18.4 Å². The number of rotatable bonds is 6. The minimum atomic E-state index is -2.80. The van der Waals surface area contributed by atoms with Crippen molar-refractivity contribution in [2.24, 2.45) is 0 Å². The van der Waals surface area contributed by atoms with Gasteiger partial charge in [0.2, 0.25) is 0 Å². The first-order valence-electron chi connectivity index (χ1n) is 11.5. The molecule has 184 valence electrons. The Bertz CT molecular complexity index is 1460. The van der Waals surface area contributed by atoms with E-state index in [0.29, 0.717) is 29.0 Å². The van der Waals surface area contributed by atoms with Gasteiger partial charge in [0.15, 0.2) is 11.9 Å². The maximum absolute atomic E-state index is 13.7. The molecule has 2 atom stereocenters. The van der Waals surface area contributed by atoms with E-state index in [1.807, 2.05) is 18.5 Å². The average molecular weight is 491 g/mol. The molecule has 0 N–H and O–H groups in total. The second kappa shape index (κ2) is 9.37. The number of piperidine rings is 1. The van der Waals surface area contributed by atoms with E-state index < -0.39 is 6.55 Å². The number of pyridine rings is 1. The molecule has 1 aromatic carbocycles. The molecule has 1 aliphatic rings. The zero-order valence-electron chi connectivity index (χ0n) is 19.8. The first-order valence-corrected chi connectivity index (χ1v) is 11.5. The van der Waals surface area contributed by atoms with Crippen molar-refractivity contribution in [3.8, 4) is 23.2 Å². The van der Waals surface area contributed by atoms with Gasteiger partial charge in [-0.1, -0.05) is 17.9 Å². The van der Waals surface area contributed by atoms with Crippen molar-refractivity contribution < 1.29 is 13.5 Å². The summed E-state index contributed by atoms with van der Waals surface area (Å²) in [6, 6.07) is 8.84. The topological polar surface area (TPSA) is 97.7 Å². The van der Waals surface area contributed by atoms with Crippen LogP contribution in [0.4, 0.5) is 8.78 Å². The molecule has 1 aliphatic heterocycles. The molecule has 3 aromatic heterocycles. The first kappa shape index (κ1) is 23.4. The fourth-order valence-electron chi connectivity index (χ4n) is 4.68. The van der Waals surface area contributed by atoms with Crippen molar-refractivity contribution >= 4 is 16.8 Å². The van der Waals surface area contributed by atoms with Crippen LogP contribution in [0.1, 0.15) is 43.7 Å². The van der Waals surface area contributed by atoms with Crippen LogP contribution in [0.3, 0.4) is 0 Å². The molecule has 0 bridgehead atoms. The smallest absolute Gasteiger partial charge is 0.320 e. The van der Waals surface area contributed by atoms with Gasteiger partial charge in [-0.25, -0.2) is 9.67 Å². The van der Waals surface area contributed by atoms with Crippen molar-refractivity contribution in [2.75, 3.05) is 6.54 Å². The second-order valence-electron chi connectivity index (χ2n) is 8.80. The standard InChI is InChI=1S/C25H24F2N8O/c1-15-10-19(7-9-33(15)13-28)35-16(2)23(31-32-35)18-11-21-24(34(14-30-21)25(26)27)22(12-18)36-17(3)20-6-4-5-8-29-20/h4-6,8,11-12,14-15,19,25H,3,7,9-10H2,1-2H3/t15-,19?/m0/s1. The van der Waals surface area contributed by atoms with Crippen molar-refractivity contribution in [1.29, 1.82) is 5.26 Å². The number of nitrogens with zero attached hydrogens (tertiary/aromatic N) is 8. The van der Waals surface area contributed by atoms with E-state index in [-0.39, 0.29) is 29.1 Å². The Morgan fingerprint density at radius 2 is 2.11 bits per heavy atom. The number of halogens is 2. The van der Waals surface area contributed by atoms with Gasteiger partial charge < -0.3 is 9.64 Å². The van der Waals surface area contributed by atoms with E-state index in [2.05, 4.69) is 33.1 Å². The zero-order valence-corrected chi connectivity index (χ0v) is 19.8. The lowest BCUT2D eigenvalue weighted by atomic mass is 9.98. The molecular weight excluding hydrogens is 466 g/mol. The van der Waals surface area contributed by atoms with Crippen LogP contribution in [0.2, 0.25) is 0 Å². The number of benzene rings is 1. The molecule has 0 aliphatic carbocycles. The van der Waals surface area contributed by atoms with E-state index >= 15 is 0 Å². The van der Waals surface area contributed by atoms with E-state index in [9.17, 15) is 14.0 Å². The van der Waals surface area contributed by atoms with Crippen molar-refractivity contribution in [2.45, 2.75) is 45.3 Å². The molecule has 1 unspecified atom stereocenters. The summed E-state index contributed by atoms with van der Waals surface area (Å²) >= 11 is 0. The Morgan fingerprint density at radius 3 is 2.81 bits per heavy atom. The quantitative estimate of drug-likeness (QED) is 0.279. The molecule has 5 rings (SSSR count). The average Bonchev–Trinajstić information content (AvgIpc) is 3.48. The normalized spacial score (nSPS) is 17.9. The van der Waals surface area contributed by atoms with Gasteiger partial charge in [-0.15, -0.1) is 5.10 Å². The number of aromatic nitrogens is 6. The van der Waals surface area contributed by atoms with Gasteiger partial charge in [0, 0.05) is 24.3 Å². The fraction of sp³-hybridized carbons (Fsp3) is 0.320. The van der Waals surface area contributed by atoms with Crippen molar-refractivity contribution in [3.05, 3.63) is 60.8 Å². The maximum Gasteiger partial charge on any atom is 0.320 e. The van der Waals surface area contributed by atoms with Gasteiger partial charge in [-0.05, 0) is 51.0 Å². The number of likely N-dealkylation sites (tertiary alicyclic amines) is 1. The van der Waals surface area contributed by atoms with Gasteiger partial charge in [0.25, 0.3) is 0 Å². The minimum absolute atomic E-state index is 0.104. The number of hydrogen-bond donors (Lipinski definition) is 0. The lowest BCUT2D eigenvalue weighted by molar-refractivity contribution is 0.0743. The van der Waals surface area contributed by atoms with Gasteiger partial charge in [0.05, 0.1) is 17.3 Å². The third-order valence-corrected chi connectivity index (χ3v) is 6.55.